The van der Waals surface area contributed by atoms with Crippen molar-refractivity contribution in [3.63, 3.8) is 0 Å². The van der Waals surface area contributed by atoms with Crippen LogP contribution >= 0.6 is 11.6 Å². The number of ketones is 1. The molecule has 0 amide bonds. The van der Waals surface area contributed by atoms with Crippen LogP contribution in [0.2, 0.25) is 5.02 Å². The van der Waals surface area contributed by atoms with Crippen LogP contribution < -0.4 is 0 Å². The molecule has 0 fully saturated rings. The van der Waals surface area contributed by atoms with Crippen LogP contribution in [-0.2, 0) is 16.0 Å². The van der Waals surface area contributed by atoms with E-state index < -0.39 is 5.82 Å². The number of hydrogen-bond donors (Lipinski definition) is 0. The molecule has 0 radical (unpaired) electrons. The van der Waals surface area contributed by atoms with Crippen LogP contribution in [0.5, 0.6) is 0 Å². The molecule has 1 aromatic carbocycles. The first-order valence-corrected chi connectivity index (χ1v) is 4.96. The van der Waals surface area contributed by atoms with Crippen LogP contribution in [0.15, 0.2) is 18.2 Å². The van der Waals surface area contributed by atoms with Crippen LogP contribution in [-0.4, -0.2) is 19.5 Å². The second-order valence-corrected chi connectivity index (χ2v) is 3.63. The minimum Gasteiger partial charge on any atom is -0.377 e. The number of aryl methyl sites for hydroxylation is 1. The third-order valence-electron chi connectivity index (χ3n) is 1.98. The standard InChI is InChI=1S/C11H12ClFO2/c1-15-7-9(14)4-2-8-3-5-11(13)10(12)6-8/h3,5-6H,2,4,7H2,1H3. The summed E-state index contributed by atoms with van der Waals surface area (Å²) in [7, 11) is 1.48. The van der Waals surface area contributed by atoms with Crippen LogP contribution in [0.3, 0.4) is 0 Å². The van der Waals surface area contributed by atoms with E-state index >= 15 is 0 Å². The van der Waals surface area contributed by atoms with E-state index in [4.69, 9.17) is 16.3 Å². The van der Waals surface area contributed by atoms with Crippen molar-refractivity contribution in [3.05, 3.63) is 34.6 Å². The average molecular weight is 231 g/mol. The quantitative estimate of drug-likeness (QED) is 0.777. The minimum atomic E-state index is -0.441. The summed E-state index contributed by atoms with van der Waals surface area (Å²) in [6.45, 7) is 0.120. The fraction of sp³-hybridized carbons (Fsp3) is 0.364. The molecule has 0 aliphatic heterocycles. The Kier molecular flexibility index (Phi) is 4.72. The van der Waals surface area contributed by atoms with Gasteiger partial charge in [0.2, 0.25) is 0 Å². The number of Topliss-reactive ketones (excluding diaryl/α,β-unsaturated/α-hetero) is 1. The van der Waals surface area contributed by atoms with Gasteiger partial charge in [0.05, 0.1) is 5.02 Å². The van der Waals surface area contributed by atoms with Crippen molar-refractivity contribution in [3.8, 4) is 0 Å². The van der Waals surface area contributed by atoms with Crippen molar-refractivity contribution in [1.29, 1.82) is 0 Å². The lowest BCUT2D eigenvalue weighted by Crippen LogP contribution is -2.07. The molecule has 82 valence electrons. The summed E-state index contributed by atoms with van der Waals surface area (Å²) in [5.41, 5.74) is 0.853. The molecule has 1 aromatic rings. The Labute approximate surface area is 93.0 Å². The van der Waals surface area contributed by atoms with E-state index in [0.717, 1.165) is 5.56 Å². The molecule has 0 aliphatic carbocycles. The molecule has 0 N–H and O–H groups in total. The predicted molar refractivity (Wildman–Crippen MR) is 56.6 cm³/mol. The molecule has 0 saturated heterocycles. The topological polar surface area (TPSA) is 26.3 Å². The first kappa shape index (κ1) is 12.1. The van der Waals surface area contributed by atoms with Gasteiger partial charge in [0.15, 0.2) is 5.78 Å². The first-order chi connectivity index (χ1) is 7.13. The second kappa shape index (κ2) is 5.83. The summed E-state index contributed by atoms with van der Waals surface area (Å²) in [4.78, 5) is 11.1. The molecule has 0 aliphatic rings. The zero-order valence-corrected chi connectivity index (χ0v) is 9.18. The van der Waals surface area contributed by atoms with Crippen LogP contribution in [0.1, 0.15) is 12.0 Å². The SMILES string of the molecule is COCC(=O)CCc1ccc(F)c(Cl)c1. The predicted octanol–water partition coefficient (Wildman–Crippen LogP) is 2.63. The molecule has 0 bridgehead atoms. The number of ether oxygens (including phenoxy) is 1. The van der Waals surface area contributed by atoms with Crippen molar-refractivity contribution < 1.29 is 13.9 Å². The average Bonchev–Trinajstić information content (AvgIpc) is 2.20. The molecule has 0 atom stereocenters. The van der Waals surface area contributed by atoms with Crippen molar-refractivity contribution in [2.24, 2.45) is 0 Å². The Morgan fingerprint density at radius 3 is 2.87 bits per heavy atom. The Morgan fingerprint density at radius 2 is 2.27 bits per heavy atom. The molecule has 1 rings (SSSR count). The summed E-state index contributed by atoms with van der Waals surface area (Å²) < 4.78 is 17.5. The van der Waals surface area contributed by atoms with E-state index in [0.29, 0.717) is 12.8 Å². The van der Waals surface area contributed by atoms with Gasteiger partial charge in [-0.2, -0.15) is 0 Å². The Bertz CT molecular complexity index is 352. The zero-order valence-electron chi connectivity index (χ0n) is 8.43. The highest BCUT2D eigenvalue weighted by Gasteiger charge is 2.04. The maximum atomic E-state index is 12.8. The maximum Gasteiger partial charge on any atom is 0.158 e. The molecule has 0 aromatic heterocycles. The lowest BCUT2D eigenvalue weighted by Gasteiger charge is -2.02. The van der Waals surface area contributed by atoms with Crippen molar-refractivity contribution in [2.75, 3.05) is 13.7 Å². The van der Waals surface area contributed by atoms with Crippen molar-refractivity contribution >= 4 is 17.4 Å². The van der Waals surface area contributed by atoms with Gasteiger partial charge in [0.25, 0.3) is 0 Å². The second-order valence-electron chi connectivity index (χ2n) is 3.22. The monoisotopic (exact) mass is 230 g/mol. The number of rotatable bonds is 5. The molecule has 2 nitrogen and oxygen atoms in total. The molecular weight excluding hydrogens is 219 g/mol. The zero-order chi connectivity index (χ0) is 11.3. The van der Waals surface area contributed by atoms with Crippen molar-refractivity contribution in [1.82, 2.24) is 0 Å². The Balaban J connectivity index is 2.51. The van der Waals surface area contributed by atoms with Gasteiger partial charge in [-0.3, -0.25) is 4.79 Å². The lowest BCUT2D eigenvalue weighted by molar-refractivity contribution is -0.122. The molecule has 0 spiro atoms. The van der Waals surface area contributed by atoms with E-state index in [9.17, 15) is 9.18 Å². The molecule has 0 unspecified atom stereocenters. The largest absolute Gasteiger partial charge is 0.377 e. The number of methoxy groups -OCH3 is 1. The molecule has 0 saturated carbocycles. The van der Waals surface area contributed by atoms with E-state index in [1.165, 1.54) is 19.2 Å². The summed E-state index contributed by atoms with van der Waals surface area (Å²) in [6.07, 6.45) is 0.942. The number of halogens is 2. The van der Waals surface area contributed by atoms with Gasteiger partial charge in [-0.05, 0) is 24.1 Å². The molecule has 4 heteroatoms. The fourth-order valence-corrected chi connectivity index (χ4v) is 1.42. The molecule has 15 heavy (non-hydrogen) atoms. The summed E-state index contributed by atoms with van der Waals surface area (Å²) in [5, 5.41) is 0.0895. The third kappa shape index (κ3) is 3.98. The number of hydrogen-bond acceptors (Lipinski definition) is 2. The highest BCUT2D eigenvalue weighted by molar-refractivity contribution is 6.30. The minimum absolute atomic E-state index is 0.0259. The number of carbonyl (C=O) groups is 1. The lowest BCUT2D eigenvalue weighted by atomic mass is 10.1. The van der Waals surface area contributed by atoms with Crippen LogP contribution in [0.4, 0.5) is 4.39 Å². The van der Waals surface area contributed by atoms with Gasteiger partial charge in [0, 0.05) is 13.5 Å². The highest BCUT2D eigenvalue weighted by Crippen LogP contribution is 2.16. The summed E-state index contributed by atoms with van der Waals surface area (Å²) in [5.74, 6) is -0.415. The van der Waals surface area contributed by atoms with Crippen LogP contribution in [0.25, 0.3) is 0 Å². The molecular formula is C11H12ClFO2. The van der Waals surface area contributed by atoms with Gasteiger partial charge >= 0.3 is 0 Å². The Morgan fingerprint density at radius 1 is 1.53 bits per heavy atom. The smallest absolute Gasteiger partial charge is 0.158 e. The van der Waals surface area contributed by atoms with E-state index in [-0.39, 0.29) is 17.4 Å². The maximum absolute atomic E-state index is 12.8. The number of carbonyl (C=O) groups excluding carboxylic acids is 1. The normalized spacial score (nSPS) is 10.3. The third-order valence-corrected chi connectivity index (χ3v) is 2.27. The van der Waals surface area contributed by atoms with Gasteiger partial charge in [-0.25, -0.2) is 4.39 Å². The van der Waals surface area contributed by atoms with E-state index in [1.54, 1.807) is 6.07 Å². The summed E-state index contributed by atoms with van der Waals surface area (Å²) in [6, 6.07) is 4.47. The van der Waals surface area contributed by atoms with Crippen molar-refractivity contribution in [2.45, 2.75) is 12.8 Å². The molecule has 0 heterocycles. The number of benzene rings is 1. The van der Waals surface area contributed by atoms with E-state index in [1.807, 2.05) is 0 Å². The van der Waals surface area contributed by atoms with Gasteiger partial charge in [0.1, 0.15) is 12.4 Å². The fourth-order valence-electron chi connectivity index (χ4n) is 1.21. The summed E-state index contributed by atoms with van der Waals surface area (Å²) >= 11 is 5.61. The first-order valence-electron chi connectivity index (χ1n) is 4.58. The van der Waals surface area contributed by atoms with Gasteiger partial charge < -0.3 is 4.74 Å². The van der Waals surface area contributed by atoms with Gasteiger partial charge in [-0.1, -0.05) is 17.7 Å². The van der Waals surface area contributed by atoms with E-state index in [2.05, 4.69) is 0 Å². The van der Waals surface area contributed by atoms with Crippen LogP contribution in [0, 0.1) is 5.82 Å². The highest BCUT2D eigenvalue weighted by atomic mass is 35.5. The van der Waals surface area contributed by atoms with Gasteiger partial charge in [-0.15, -0.1) is 0 Å². The Hall–Kier alpha value is -0.930.